The van der Waals surface area contributed by atoms with Gasteiger partial charge in [0, 0.05) is 4.47 Å². The van der Waals surface area contributed by atoms with Crippen molar-refractivity contribution in [1.82, 2.24) is 15.0 Å². The molecule has 1 aromatic heterocycles. The van der Waals surface area contributed by atoms with Gasteiger partial charge in [0.15, 0.2) is 0 Å². The monoisotopic (exact) mass is 444 g/mol. The molecule has 0 saturated carbocycles. The highest BCUT2D eigenvalue weighted by Crippen LogP contribution is 2.18. The number of aromatic nitrogens is 2. The first kappa shape index (κ1) is 19.1. The Morgan fingerprint density at radius 3 is 2.46 bits per heavy atom. The number of benzene rings is 2. The number of aromatic amines is 1. The lowest BCUT2D eigenvalue weighted by Crippen LogP contribution is -2.31. The Morgan fingerprint density at radius 2 is 1.79 bits per heavy atom. The van der Waals surface area contributed by atoms with Crippen LogP contribution in [0.25, 0.3) is 5.69 Å². The van der Waals surface area contributed by atoms with E-state index in [1.54, 1.807) is 36.4 Å². The molecule has 0 unspecified atom stereocenters. The molecule has 0 atom stereocenters. The highest BCUT2D eigenvalue weighted by atomic mass is 79.9. The smallest absolute Gasteiger partial charge is 0.335 e. The van der Waals surface area contributed by atoms with Gasteiger partial charge in [0.2, 0.25) is 5.88 Å². The fourth-order valence-electron chi connectivity index (χ4n) is 2.37. The quantitative estimate of drug-likeness (QED) is 0.356. The van der Waals surface area contributed by atoms with E-state index in [-0.39, 0.29) is 16.9 Å². The van der Waals surface area contributed by atoms with Crippen LogP contribution in [0.1, 0.15) is 15.9 Å². The molecule has 1 amide bonds. The number of H-pyrrole nitrogens is 1. The third-order valence-corrected chi connectivity index (χ3v) is 4.24. The minimum absolute atomic E-state index is 0.0161. The zero-order valence-corrected chi connectivity index (χ0v) is 15.7. The molecule has 4 N–H and O–H groups in total. The first-order chi connectivity index (χ1) is 13.4. The van der Waals surface area contributed by atoms with E-state index in [2.05, 4.69) is 31.4 Å². The van der Waals surface area contributed by atoms with Crippen LogP contribution in [-0.4, -0.2) is 31.9 Å². The number of nitrogens with zero attached hydrogens (tertiary/aromatic N) is 2. The van der Waals surface area contributed by atoms with Crippen molar-refractivity contribution >= 4 is 28.1 Å². The number of para-hydroxylation sites is 1. The van der Waals surface area contributed by atoms with E-state index < -0.39 is 23.0 Å². The van der Waals surface area contributed by atoms with Crippen molar-refractivity contribution in [2.24, 2.45) is 5.10 Å². The number of halogens is 1. The van der Waals surface area contributed by atoms with Crippen molar-refractivity contribution in [2.75, 3.05) is 0 Å². The van der Waals surface area contributed by atoms with Crippen molar-refractivity contribution in [3.05, 3.63) is 85.0 Å². The van der Waals surface area contributed by atoms with Gasteiger partial charge >= 0.3 is 5.69 Å². The molecular formula is C18H13BrN4O5. The minimum Gasteiger partial charge on any atom is -0.507 e. The molecule has 10 heteroatoms. The van der Waals surface area contributed by atoms with Crippen LogP contribution in [0.3, 0.4) is 0 Å². The van der Waals surface area contributed by atoms with Gasteiger partial charge in [-0.2, -0.15) is 5.10 Å². The molecule has 0 bridgehead atoms. The molecule has 142 valence electrons. The van der Waals surface area contributed by atoms with Crippen LogP contribution in [0, 0.1) is 0 Å². The molecule has 0 fully saturated rings. The Kier molecular flexibility index (Phi) is 5.41. The lowest BCUT2D eigenvalue weighted by atomic mass is 10.2. The number of phenols is 1. The fraction of sp³-hybridized carbons (Fsp3) is 0. The van der Waals surface area contributed by atoms with E-state index in [0.29, 0.717) is 5.69 Å². The summed E-state index contributed by atoms with van der Waals surface area (Å²) in [4.78, 5) is 38.2. The third-order valence-electron chi connectivity index (χ3n) is 3.71. The number of hydrazone groups is 1. The van der Waals surface area contributed by atoms with E-state index in [0.717, 1.165) is 15.3 Å². The maximum Gasteiger partial charge on any atom is 0.335 e. The summed E-state index contributed by atoms with van der Waals surface area (Å²) >= 11 is 3.27. The predicted octanol–water partition coefficient (Wildman–Crippen LogP) is 1.46. The predicted molar refractivity (Wildman–Crippen MR) is 105 cm³/mol. The lowest BCUT2D eigenvalue weighted by molar-refractivity contribution is 0.0952. The summed E-state index contributed by atoms with van der Waals surface area (Å²) in [6, 6.07) is 12.3. The van der Waals surface area contributed by atoms with E-state index in [1.165, 1.54) is 12.1 Å². The average molecular weight is 445 g/mol. The van der Waals surface area contributed by atoms with Crippen LogP contribution >= 0.6 is 15.9 Å². The molecule has 0 aliphatic rings. The maximum atomic E-state index is 12.1. The molecule has 9 nitrogen and oxygen atoms in total. The zero-order valence-electron chi connectivity index (χ0n) is 14.1. The second-order valence-electron chi connectivity index (χ2n) is 5.52. The van der Waals surface area contributed by atoms with Crippen molar-refractivity contribution in [3.8, 4) is 17.3 Å². The second-order valence-corrected chi connectivity index (χ2v) is 6.44. The molecule has 0 spiro atoms. The largest absolute Gasteiger partial charge is 0.507 e. The number of carbonyl (C=O) groups excluding carboxylic acids is 1. The number of rotatable bonds is 4. The maximum absolute atomic E-state index is 12.1. The number of carbonyl (C=O) groups is 1. The van der Waals surface area contributed by atoms with Gasteiger partial charge in [0.05, 0.1) is 17.5 Å². The summed E-state index contributed by atoms with van der Waals surface area (Å²) in [5.74, 6) is -1.59. The Labute approximate surface area is 165 Å². The molecule has 1 heterocycles. The van der Waals surface area contributed by atoms with Gasteiger partial charge in [0.25, 0.3) is 11.5 Å². The standard InChI is InChI=1S/C18H13BrN4O5/c19-10-5-7-11(8-6-10)23-17(27)13(15(25)21-18(23)28)9-20-22-16(26)12-3-1-2-4-14(12)24/h1-9,24,27H,(H,22,26)(H,21,25,28). The van der Waals surface area contributed by atoms with E-state index in [1.807, 2.05) is 0 Å². The Hall–Kier alpha value is -3.66. The van der Waals surface area contributed by atoms with Crippen molar-refractivity contribution in [1.29, 1.82) is 0 Å². The van der Waals surface area contributed by atoms with Crippen LogP contribution in [-0.2, 0) is 0 Å². The van der Waals surface area contributed by atoms with Gasteiger partial charge in [-0.3, -0.25) is 14.6 Å². The van der Waals surface area contributed by atoms with Gasteiger partial charge in [0.1, 0.15) is 11.3 Å². The molecule has 0 radical (unpaired) electrons. The fourth-order valence-corrected chi connectivity index (χ4v) is 2.63. The molecule has 0 aliphatic heterocycles. The first-order valence-corrected chi connectivity index (χ1v) is 8.63. The van der Waals surface area contributed by atoms with Crippen molar-refractivity contribution < 1.29 is 15.0 Å². The van der Waals surface area contributed by atoms with E-state index in [4.69, 9.17) is 0 Å². The van der Waals surface area contributed by atoms with Crippen molar-refractivity contribution in [3.63, 3.8) is 0 Å². The number of nitrogens with one attached hydrogen (secondary N) is 2. The summed E-state index contributed by atoms with van der Waals surface area (Å²) in [6.07, 6.45) is 0.904. The van der Waals surface area contributed by atoms with Crippen molar-refractivity contribution in [2.45, 2.75) is 0 Å². The van der Waals surface area contributed by atoms with Gasteiger partial charge in [-0.25, -0.2) is 14.8 Å². The Morgan fingerprint density at radius 1 is 1.11 bits per heavy atom. The molecule has 3 aromatic rings. The second kappa shape index (κ2) is 7.92. The molecular weight excluding hydrogens is 432 g/mol. The first-order valence-electron chi connectivity index (χ1n) is 7.84. The number of hydrogen-bond acceptors (Lipinski definition) is 6. The number of aromatic hydroxyl groups is 2. The summed E-state index contributed by atoms with van der Waals surface area (Å²) in [7, 11) is 0. The number of phenolic OH excluding ortho intramolecular Hbond substituents is 1. The normalized spacial score (nSPS) is 10.9. The molecule has 2 aromatic carbocycles. The van der Waals surface area contributed by atoms with Gasteiger partial charge in [-0.05, 0) is 36.4 Å². The highest BCUT2D eigenvalue weighted by molar-refractivity contribution is 9.10. The van der Waals surface area contributed by atoms with Crippen LogP contribution in [0.5, 0.6) is 11.6 Å². The number of amides is 1. The third kappa shape index (κ3) is 3.86. The van der Waals surface area contributed by atoms with E-state index >= 15 is 0 Å². The summed E-state index contributed by atoms with van der Waals surface area (Å²) in [5.41, 5.74) is 0.391. The molecule has 3 rings (SSSR count). The summed E-state index contributed by atoms with van der Waals surface area (Å²) < 4.78 is 1.65. The lowest BCUT2D eigenvalue weighted by Gasteiger charge is -2.09. The van der Waals surface area contributed by atoms with Crippen LogP contribution < -0.4 is 16.7 Å². The SMILES string of the molecule is O=C(NN=Cc1c(O)n(-c2ccc(Br)cc2)c(=O)[nH]c1=O)c1ccccc1O. The minimum atomic E-state index is -0.878. The van der Waals surface area contributed by atoms with Crippen LogP contribution in [0.2, 0.25) is 0 Å². The zero-order chi connectivity index (χ0) is 20.3. The van der Waals surface area contributed by atoms with Gasteiger partial charge in [-0.1, -0.05) is 28.1 Å². The average Bonchev–Trinajstić information content (AvgIpc) is 2.66. The van der Waals surface area contributed by atoms with E-state index in [9.17, 15) is 24.6 Å². The van der Waals surface area contributed by atoms with Crippen LogP contribution in [0.15, 0.2) is 67.7 Å². The highest BCUT2D eigenvalue weighted by Gasteiger charge is 2.15. The topological polar surface area (TPSA) is 137 Å². The Bertz CT molecular complexity index is 1180. The van der Waals surface area contributed by atoms with Crippen LogP contribution in [0.4, 0.5) is 0 Å². The molecule has 0 aliphatic carbocycles. The molecule has 0 saturated heterocycles. The summed E-state index contributed by atoms with van der Waals surface area (Å²) in [6.45, 7) is 0. The van der Waals surface area contributed by atoms with Gasteiger partial charge < -0.3 is 10.2 Å². The number of hydrogen-bond donors (Lipinski definition) is 4. The molecule has 28 heavy (non-hydrogen) atoms. The van der Waals surface area contributed by atoms with Gasteiger partial charge in [-0.15, -0.1) is 0 Å². The Balaban J connectivity index is 1.93. The summed E-state index contributed by atoms with van der Waals surface area (Å²) in [5, 5.41) is 23.7.